The molecule has 0 bridgehead atoms. The van der Waals surface area contributed by atoms with Gasteiger partial charge in [0, 0.05) is 6.54 Å². The molecular formula is C13H21NO4. The first-order valence-corrected chi connectivity index (χ1v) is 5.98. The van der Waals surface area contributed by atoms with Crippen LogP contribution in [0.15, 0.2) is 12.2 Å². The van der Waals surface area contributed by atoms with Gasteiger partial charge in [0.05, 0.1) is 7.11 Å². The van der Waals surface area contributed by atoms with Gasteiger partial charge in [-0.15, -0.1) is 0 Å². The summed E-state index contributed by atoms with van der Waals surface area (Å²) in [6.07, 6.45) is 0.753. The Bertz CT molecular complexity index is 356. The van der Waals surface area contributed by atoms with E-state index in [1.807, 2.05) is 0 Å². The maximum atomic E-state index is 12.0. The highest BCUT2D eigenvalue weighted by molar-refractivity contribution is 5.82. The minimum Gasteiger partial charge on any atom is -0.467 e. The first-order valence-electron chi connectivity index (χ1n) is 5.98. The summed E-state index contributed by atoms with van der Waals surface area (Å²) in [7, 11) is 1.32. The number of nitrogens with zero attached hydrogens (tertiary/aromatic N) is 1. The van der Waals surface area contributed by atoms with Gasteiger partial charge in [-0.05, 0) is 33.6 Å². The maximum absolute atomic E-state index is 12.0. The van der Waals surface area contributed by atoms with Crippen molar-refractivity contribution < 1.29 is 19.1 Å². The molecule has 1 fully saturated rings. The summed E-state index contributed by atoms with van der Waals surface area (Å²) in [6.45, 7) is 9.57. The smallest absolute Gasteiger partial charge is 0.411 e. The third kappa shape index (κ3) is 3.75. The summed E-state index contributed by atoms with van der Waals surface area (Å²) in [5, 5.41) is 0. The number of carbonyl (C=O) groups is 2. The number of methoxy groups -OCH3 is 1. The number of ether oxygens (including phenoxy) is 2. The minimum atomic E-state index is -0.587. The molecule has 18 heavy (non-hydrogen) atoms. The molecular weight excluding hydrogens is 234 g/mol. The second kappa shape index (κ2) is 5.42. The van der Waals surface area contributed by atoms with E-state index in [-0.39, 0.29) is 0 Å². The number of carbonyl (C=O) groups excluding carboxylic acids is 2. The Balaban J connectivity index is 2.82. The number of esters is 1. The SMILES string of the molecule is C=C1CC[C@H](C(=O)OC)N(C(=O)OC(C)(C)C)C1. The van der Waals surface area contributed by atoms with Crippen LogP contribution in [-0.2, 0) is 14.3 Å². The molecule has 0 unspecified atom stereocenters. The van der Waals surface area contributed by atoms with E-state index in [9.17, 15) is 9.59 Å². The van der Waals surface area contributed by atoms with Crippen molar-refractivity contribution in [3.05, 3.63) is 12.2 Å². The van der Waals surface area contributed by atoms with Gasteiger partial charge < -0.3 is 9.47 Å². The highest BCUT2D eigenvalue weighted by atomic mass is 16.6. The highest BCUT2D eigenvalue weighted by Gasteiger charge is 2.36. The van der Waals surface area contributed by atoms with Crippen LogP contribution in [0.4, 0.5) is 4.79 Å². The lowest BCUT2D eigenvalue weighted by atomic mass is 9.99. The Morgan fingerprint density at radius 1 is 1.39 bits per heavy atom. The molecule has 1 amide bonds. The normalized spacial score (nSPS) is 20.6. The molecule has 5 heteroatoms. The molecule has 1 atom stereocenters. The summed E-state index contributed by atoms with van der Waals surface area (Å²) in [5.41, 5.74) is 0.331. The zero-order valence-corrected chi connectivity index (χ0v) is 11.5. The van der Waals surface area contributed by atoms with Crippen molar-refractivity contribution in [3.8, 4) is 0 Å². The lowest BCUT2D eigenvalue weighted by Gasteiger charge is -2.35. The lowest BCUT2D eigenvalue weighted by molar-refractivity contribution is -0.147. The fraction of sp³-hybridized carbons (Fsp3) is 0.692. The van der Waals surface area contributed by atoms with Crippen molar-refractivity contribution in [2.45, 2.75) is 45.3 Å². The van der Waals surface area contributed by atoms with Gasteiger partial charge in [-0.25, -0.2) is 9.59 Å². The van der Waals surface area contributed by atoms with Crippen molar-refractivity contribution in [1.82, 2.24) is 4.90 Å². The number of amides is 1. The zero-order valence-electron chi connectivity index (χ0n) is 11.5. The standard InChI is InChI=1S/C13H21NO4/c1-9-6-7-10(11(15)17-5)14(8-9)12(16)18-13(2,3)4/h10H,1,6-8H2,2-5H3/t10-/m1/s1. The van der Waals surface area contributed by atoms with Gasteiger partial charge in [0.25, 0.3) is 0 Å². The van der Waals surface area contributed by atoms with E-state index in [1.165, 1.54) is 12.0 Å². The molecule has 0 aliphatic carbocycles. The van der Waals surface area contributed by atoms with Gasteiger partial charge in [0.1, 0.15) is 11.6 Å². The van der Waals surface area contributed by atoms with Crippen molar-refractivity contribution in [3.63, 3.8) is 0 Å². The Labute approximate surface area is 108 Å². The molecule has 0 aromatic heterocycles. The monoisotopic (exact) mass is 255 g/mol. The average Bonchev–Trinajstić information content (AvgIpc) is 2.25. The van der Waals surface area contributed by atoms with Crippen LogP contribution in [-0.4, -0.2) is 42.3 Å². The Morgan fingerprint density at radius 2 is 2.00 bits per heavy atom. The van der Waals surface area contributed by atoms with Gasteiger partial charge in [-0.1, -0.05) is 12.2 Å². The molecule has 0 N–H and O–H groups in total. The summed E-state index contributed by atoms with van der Waals surface area (Å²) >= 11 is 0. The average molecular weight is 255 g/mol. The summed E-state index contributed by atoms with van der Waals surface area (Å²) < 4.78 is 10.0. The molecule has 0 spiro atoms. The summed E-state index contributed by atoms with van der Waals surface area (Å²) in [6, 6.07) is -0.574. The van der Waals surface area contributed by atoms with E-state index >= 15 is 0 Å². The predicted octanol–water partition coefficient (Wildman–Crippen LogP) is 2.12. The van der Waals surface area contributed by atoms with Gasteiger partial charge >= 0.3 is 12.1 Å². The fourth-order valence-electron chi connectivity index (χ4n) is 1.82. The minimum absolute atomic E-state index is 0.342. The lowest BCUT2D eigenvalue weighted by Crippen LogP contribution is -2.50. The second-order valence-corrected chi connectivity index (χ2v) is 5.44. The van der Waals surface area contributed by atoms with Crippen molar-refractivity contribution in [2.24, 2.45) is 0 Å². The van der Waals surface area contributed by atoms with Crippen LogP contribution in [0.1, 0.15) is 33.6 Å². The number of rotatable bonds is 1. The Morgan fingerprint density at radius 3 is 2.50 bits per heavy atom. The third-order valence-corrected chi connectivity index (χ3v) is 2.64. The Kier molecular flexibility index (Phi) is 4.38. The van der Waals surface area contributed by atoms with E-state index in [0.29, 0.717) is 13.0 Å². The molecule has 5 nitrogen and oxygen atoms in total. The van der Waals surface area contributed by atoms with Crippen LogP contribution in [0.2, 0.25) is 0 Å². The molecule has 0 radical (unpaired) electrons. The number of hydrogen-bond donors (Lipinski definition) is 0. The van der Waals surface area contributed by atoms with Crippen LogP contribution in [0.5, 0.6) is 0 Å². The molecule has 1 heterocycles. The van der Waals surface area contributed by atoms with E-state index in [0.717, 1.165) is 12.0 Å². The van der Waals surface area contributed by atoms with Gasteiger partial charge in [0.2, 0.25) is 0 Å². The second-order valence-electron chi connectivity index (χ2n) is 5.44. The van der Waals surface area contributed by atoms with Gasteiger partial charge in [-0.2, -0.15) is 0 Å². The quantitative estimate of drug-likeness (QED) is 0.532. The highest BCUT2D eigenvalue weighted by Crippen LogP contribution is 2.23. The van der Waals surface area contributed by atoms with Gasteiger partial charge in [-0.3, -0.25) is 4.90 Å². The van der Waals surface area contributed by atoms with E-state index < -0.39 is 23.7 Å². The van der Waals surface area contributed by atoms with Crippen LogP contribution in [0, 0.1) is 0 Å². The fourth-order valence-corrected chi connectivity index (χ4v) is 1.82. The first kappa shape index (κ1) is 14.5. The predicted molar refractivity (Wildman–Crippen MR) is 67.1 cm³/mol. The first-order chi connectivity index (χ1) is 8.24. The largest absolute Gasteiger partial charge is 0.467 e. The molecule has 1 saturated heterocycles. The van der Waals surface area contributed by atoms with E-state index in [4.69, 9.17) is 9.47 Å². The van der Waals surface area contributed by atoms with Crippen LogP contribution in [0.25, 0.3) is 0 Å². The molecule has 1 rings (SSSR count). The topological polar surface area (TPSA) is 55.8 Å². The summed E-state index contributed by atoms with van der Waals surface area (Å²) in [5.74, 6) is -0.409. The molecule has 1 aliphatic heterocycles. The molecule has 0 saturated carbocycles. The van der Waals surface area contributed by atoms with Crippen molar-refractivity contribution in [1.29, 1.82) is 0 Å². The number of hydrogen-bond acceptors (Lipinski definition) is 4. The Hall–Kier alpha value is -1.52. The number of likely N-dealkylation sites (tertiary alicyclic amines) is 1. The van der Waals surface area contributed by atoms with Crippen molar-refractivity contribution >= 4 is 12.1 Å². The number of piperidine rings is 1. The van der Waals surface area contributed by atoms with Crippen LogP contribution in [0.3, 0.4) is 0 Å². The molecule has 102 valence electrons. The third-order valence-electron chi connectivity index (χ3n) is 2.64. The van der Waals surface area contributed by atoms with Gasteiger partial charge in [0.15, 0.2) is 0 Å². The van der Waals surface area contributed by atoms with Crippen LogP contribution >= 0.6 is 0 Å². The molecule has 1 aliphatic rings. The van der Waals surface area contributed by atoms with E-state index in [1.54, 1.807) is 20.8 Å². The maximum Gasteiger partial charge on any atom is 0.411 e. The molecule has 0 aromatic rings. The van der Waals surface area contributed by atoms with Crippen molar-refractivity contribution in [2.75, 3.05) is 13.7 Å². The zero-order chi connectivity index (χ0) is 13.9. The molecule has 0 aromatic carbocycles. The van der Waals surface area contributed by atoms with E-state index in [2.05, 4.69) is 6.58 Å². The van der Waals surface area contributed by atoms with Crippen LogP contribution < -0.4 is 0 Å². The summed E-state index contributed by atoms with van der Waals surface area (Å²) in [4.78, 5) is 25.1.